The van der Waals surface area contributed by atoms with Gasteiger partial charge in [0.2, 0.25) is 0 Å². The lowest BCUT2D eigenvalue weighted by atomic mass is 10.0. The highest BCUT2D eigenvalue weighted by molar-refractivity contribution is 5.74. The molecule has 0 aliphatic rings. The Morgan fingerprint density at radius 1 is 0.826 bits per heavy atom. The maximum absolute atomic E-state index is 5.79. The van der Waals surface area contributed by atoms with Gasteiger partial charge in [0.05, 0.1) is 11.7 Å². The average Bonchev–Trinajstić information content (AvgIpc) is 3.04. The third-order valence-electron chi connectivity index (χ3n) is 3.68. The van der Waals surface area contributed by atoms with E-state index >= 15 is 0 Å². The predicted molar refractivity (Wildman–Crippen MR) is 90.2 cm³/mol. The van der Waals surface area contributed by atoms with Crippen LogP contribution >= 0.6 is 0 Å². The van der Waals surface area contributed by atoms with Crippen LogP contribution in [0.2, 0.25) is 0 Å². The summed E-state index contributed by atoms with van der Waals surface area (Å²) < 4.78 is 5.79. The van der Waals surface area contributed by atoms with E-state index in [0.717, 1.165) is 22.4 Å². The Morgan fingerprint density at radius 3 is 2.39 bits per heavy atom. The second-order valence-electron chi connectivity index (χ2n) is 5.23. The molecule has 23 heavy (non-hydrogen) atoms. The third kappa shape index (κ3) is 2.79. The first-order valence-corrected chi connectivity index (χ1v) is 7.48. The minimum absolute atomic E-state index is 0.120. The van der Waals surface area contributed by atoms with Crippen molar-refractivity contribution in [1.82, 2.24) is 9.97 Å². The molecule has 0 aliphatic heterocycles. The van der Waals surface area contributed by atoms with Crippen LogP contribution in [0.25, 0.3) is 11.1 Å². The molecule has 1 unspecified atom stereocenters. The Balaban J connectivity index is 1.73. The number of nitrogens with one attached hydrogen (secondary N) is 1. The van der Waals surface area contributed by atoms with Crippen molar-refractivity contribution in [3.05, 3.63) is 90.3 Å². The van der Waals surface area contributed by atoms with E-state index in [4.69, 9.17) is 4.42 Å². The summed E-state index contributed by atoms with van der Waals surface area (Å²) in [5, 5.41) is 3.36. The highest BCUT2D eigenvalue weighted by Gasteiger charge is 2.17. The second kappa shape index (κ2) is 5.93. The van der Waals surface area contributed by atoms with Crippen LogP contribution in [-0.4, -0.2) is 9.97 Å². The van der Waals surface area contributed by atoms with Gasteiger partial charge < -0.3 is 9.73 Å². The Bertz CT molecular complexity index is 831. The lowest BCUT2D eigenvalue weighted by molar-refractivity contribution is 0.606. The van der Waals surface area contributed by atoms with Crippen LogP contribution in [0.5, 0.6) is 0 Å². The molecular formula is C19H15N3O. The molecule has 0 saturated carbocycles. The molecule has 4 heteroatoms. The van der Waals surface area contributed by atoms with Crippen LogP contribution in [0.15, 0.2) is 83.4 Å². The maximum Gasteiger partial charge on any atom is 0.296 e. The molecule has 0 radical (unpaired) electrons. The lowest BCUT2D eigenvalue weighted by Gasteiger charge is -2.17. The number of pyridine rings is 1. The van der Waals surface area contributed by atoms with E-state index in [0.29, 0.717) is 6.01 Å². The van der Waals surface area contributed by atoms with Gasteiger partial charge in [-0.1, -0.05) is 48.5 Å². The van der Waals surface area contributed by atoms with Crippen molar-refractivity contribution < 1.29 is 4.42 Å². The van der Waals surface area contributed by atoms with E-state index in [1.54, 1.807) is 6.20 Å². The van der Waals surface area contributed by atoms with Crippen LogP contribution < -0.4 is 5.32 Å². The Hall–Kier alpha value is -3.14. The van der Waals surface area contributed by atoms with Crippen molar-refractivity contribution in [3.8, 4) is 0 Å². The number of para-hydroxylation sites is 2. The van der Waals surface area contributed by atoms with E-state index in [-0.39, 0.29) is 6.04 Å². The van der Waals surface area contributed by atoms with Gasteiger partial charge in [-0.3, -0.25) is 4.98 Å². The molecule has 2 aromatic heterocycles. The second-order valence-corrected chi connectivity index (χ2v) is 5.23. The molecule has 4 aromatic rings. The van der Waals surface area contributed by atoms with Gasteiger partial charge in [0.1, 0.15) is 5.52 Å². The zero-order chi connectivity index (χ0) is 15.5. The van der Waals surface area contributed by atoms with Gasteiger partial charge in [-0.2, -0.15) is 4.98 Å². The molecular weight excluding hydrogens is 286 g/mol. The quantitative estimate of drug-likeness (QED) is 0.606. The van der Waals surface area contributed by atoms with Crippen LogP contribution in [0, 0.1) is 0 Å². The first-order valence-electron chi connectivity index (χ1n) is 7.48. The van der Waals surface area contributed by atoms with E-state index in [1.807, 2.05) is 60.7 Å². The van der Waals surface area contributed by atoms with Gasteiger partial charge in [0.15, 0.2) is 5.58 Å². The Labute approximate surface area is 133 Å². The summed E-state index contributed by atoms with van der Waals surface area (Å²) in [7, 11) is 0. The van der Waals surface area contributed by atoms with Gasteiger partial charge in [-0.15, -0.1) is 0 Å². The van der Waals surface area contributed by atoms with Gasteiger partial charge in [0.25, 0.3) is 6.01 Å². The van der Waals surface area contributed by atoms with Crippen molar-refractivity contribution in [2.75, 3.05) is 5.32 Å². The minimum Gasteiger partial charge on any atom is -0.424 e. The topological polar surface area (TPSA) is 51.0 Å². The van der Waals surface area contributed by atoms with Crippen LogP contribution in [0.3, 0.4) is 0 Å². The Morgan fingerprint density at radius 2 is 1.61 bits per heavy atom. The van der Waals surface area contributed by atoms with E-state index < -0.39 is 0 Å². The number of fused-ring (bicyclic) bond motifs is 1. The monoisotopic (exact) mass is 301 g/mol. The molecule has 2 aromatic carbocycles. The van der Waals surface area contributed by atoms with Crippen molar-refractivity contribution >= 4 is 17.1 Å². The summed E-state index contributed by atoms with van der Waals surface area (Å²) in [6, 6.07) is 24.1. The fourth-order valence-corrected chi connectivity index (χ4v) is 2.58. The summed E-state index contributed by atoms with van der Waals surface area (Å²) >= 11 is 0. The standard InChI is InChI=1S/C19H15N3O/c1-2-8-14(9-3-1)18(16-11-6-7-13-20-16)22-19-21-15-10-4-5-12-17(15)23-19/h1-13,18H,(H,21,22). The molecule has 0 amide bonds. The number of hydrogen-bond acceptors (Lipinski definition) is 4. The first-order chi connectivity index (χ1) is 11.4. The lowest BCUT2D eigenvalue weighted by Crippen LogP contribution is -2.13. The number of rotatable bonds is 4. The zero-order valence-electron chi connectivity index (χ0n) is 12.4. The van der Waals surface area contributed by atoms with Crippen LogP contribution in [0.1, 0.15) is 17.3 Å². The van der Waals surface area contributed by atoms with Crippen molar-refractivity contribution in [1.29, 1.82) is 0 Å². The molecule has 1 N–H and O–H groups in total. The van der Waals surface area contributed by atoms with Crippen LogP contribution in [-0.2, 0) is 0 Å². The average molecular weight is 301 g/mol. The van der Waals surface area contributed by atoms with Crippen molar-refractivity contribution in [2.24, 2.45) is 0 Å². The number of benzene rings is 2. The summed E-state index contributed by atoms with van der Waals surface area (Å²) in [6.45, 7) is 0. The molecule has 0 saturated heterocycles. The van der Waals surface area contributed by atoms with Crippen molar-refractivity contribution in [2.45, 2.75) is 6.04 Å². The molecule has 2 heterocycles. The number of hydrogen-bond donors (Lipinski definition) is 1. The number of oxazole rings is 1. The maximum atomic E-state index is 5.79. The molecule has 1 atom stereocenters. The normalized spacial score (nSPS) is 12.2. The molecule has 4 nitrogen and oxygen atoms in total. The third-order valence-corrected chi connectivity index (χ3v) is 3.68. The number of nitrogens with zero attached hydrogens (tertiary/aromatic N) is 2. The van der Waals surface area contributed by atoms with Gasteiger partial charge in [-0.05, 0) is 29.8 Å². The number of aromatic nitrogens is 2. The van der Waals surface area contributed by atoms with E-state index in [2.05, 4.69) is 27.4 Å². The molecule has 112 valence electrons. The first kappa shape index (κ1) is 13.5. The fourth-order valence-electron chi connectivity index (χ4n) is 2.58. The smallest absolute Gasteiger partial charge is 0.296 e. The molecule has 0 aliphatic carbocycles. The summed E-state index contributed by atoms with van der Waals surface area (Å²) in [6.07, 6.45) is 1.79. The largest absolute Gasteiger partial charge is 0.424 e. The van der Waals surface area contributed by atoms with Crippen LogP contribution in [0.4, 0.5) is 6.01 Å². The summed E-state index contributed by atoms with van der Waals surface area (Å²) in [5.41, 5.74) is 3.63. The summed E-state index contributed by atoms with van der Waals surface area (Å²) in [5.74, 6) is 0. The van der Waals surface area contributed by atoms with Crippen molar-refractivity contribution in [3.63, 3.8) is 0 Å². The predicted octanol–water partition coefficient (Wildman–Crippen LogP) is 4.42. The van der Waals surface area contributed by atoms with Gasteiger partial charge in [-0.25, -0.2) is 0 Å². The minimum atomic E-state index is -0.120. The summed E-state index contributed by atoms with van der Waals surface area (Å²) in [4.78, 5) is 8.97. The SMILES string of the molecule is c1ccc(C(Nc2nc3ccccc3o2)c2ccccn2)cc1. The molecule has 0 bridgehead atoms. The Kier molecular flexibility index (Phi) is 3.48. The zero-order valence-corrected chi connectivity index (χ0v) is 12.4. The fraction of sp³-hybridized carbons (Fsp3) is 0.0526. The number of anilines is 1. The van der Waals surface area contributed by atoms with E-state index in [9.17, 15) is 0 Å². The molecule has 0 spiro atoms. The van der Waals surface area contributed by atoms with Gasteiger partial charge in [0, 0.05) is 6.20 Å². The molecule has 4 rings (SSSR count). The highest BCUT2D eigenvalue weighted by atomic mass is 16.4. The highest BCUT2D eigenvalue weighted by Crippen LogP contribution is 2.27. The van der Waals surface area contributed by atoms with E-state index in [1.165, 1.54) is 0 Å². The molecule has 0 fully saturated rings. The van der Waals surface area contributed by atoms with Gasteiger partial charge >= 0.3 is 0 Å².